The van der Waals surface area contributed by atoms with Gasteiger partial charge in [-0.2, -0.15) is 0 Å². The van der Waals surface area contributed by atoms with Crippen LogP contribution in [-0.2, 0) is 0 Å². The zero-order valence-electron chi connectivity index (χ0n) is 13.8. The highest BCUT2D eigenvalue weighted by Gasteiger charge is 2.31. The van der Waals surface area contributed by atoms with Gasteiger partial charge in [0.1, 0.15) is 0 Å². The van der Waals surface area contributed by atoms with Gasteiger partial charge in [-0.15, -0.1) is 0 Å². The molecule has 4 rings (SSSR count). The second kappa shape index (κ2) is 6.65. The number of carbonyl (C=O) groups is 3. The lowest BCUT2D eigenvalue weighted by Gasteiger charge is -2.20. The molecule has 6 heteroatoms. The molecule has 3 aromatic carbocycles. The van der Waals surface area contributed by atoms with Crippen LogP contribution in [0.4, 0.5) is 5.69 Å². The van der Waals surface area contributed by atoms with Gasteiger partial charge >= 0.3 is 0 Å². The fourth-order valence-electron chi connectivity index (χ4n) is 3.11. The van der Waals surface area contributed by atoms with E-state index >= 15 is 0 Å². The second-order valence-electron chi connectivity index (χ2n) is 6.01. The lowest BCUT2D eigenvalue weighted by molar-refractivity contribution is 0.0978. The highest BCUT2D eigenvalue weighted by atomic mass is 35.5. The van der Waals surface area contributed by atoms with Crippen molar-refractivity contribution in [2.45, 2.75) is 0 Å². The molecule has 0 fully saturated rings. The Kier molecular flexibility index (Phi) is 4.30. The maximum absolute atomic E-state index is 13.0. The van der Waals surface area contributed by atoms with Crippen molar-refractivity contribution in [1.29, 1.82) is 0 Å². The third kappa shape index (κ3) is 2.93. The zero-order valence-corrected chi connectivity index (χ0v) is 15.3. The van der Waals surface area contributed by atoms with E-state index in [1.165, 1.54) is 12.1 Å². The number of anilines is 1. The molecule has 0 heterocycles. The molecule has 0 saturated carbocycles. The molecule has 1 amide bonds. The van der Waals surface area contributed by atoms with Crippen molar-refractivity contribution in [3.05, 3.63) is 98.5 Å². The predicted molar refractivity (Wildman–Crippen MR) is 104 cm³/mol. The average Bonchev–Trinajstić information content (AvgIpc) is 2.66. The number of rotatable bonds is 2. The minimum absolute atomic E-state index is 0.180. The Morgan fingerprint density at radius 1 is 0.778 bits per heavy atom. The average molecular weight is 396 g/mol. The molecule has 0 radical (unpaired) electrons. The van der Waals surface area contributed by atoms with Gasteiger partial charge in [-0.05, 0) is 24.3 Å². The van der Waals surface area contributed by atoms with Crippen molar-refractivity contribution in [1.82, 2.24) is 0 Å². The van der Waals surface area contributed by atoms with E-state index in [4.69, 9.17) is 23.2 Å². The van der Waals surface area contributed by atoms with Crippen LogP contribution < -0.4 is 5.32 Å². The molecule has 1 aliphatic carbocycles. The summed E-state index contributed by atoms with van der Waals surface area (Å²) in [5.74, 6) is -1.05. The molecule has 0 atom stereocenters. The third-order valence-corrected chi connectivity index (χ3v) is 4.92. The zero-order chi connectivity index (χ0) is 19.1. The molecule has 1 aliphatic rings. The Balaban J connectivity index is 1.77. The monoisotopic (exact) mass is 395 g/mol. The van der Waals surface area contributed by atoms with Crippen LogP contribution in [-0.4, -0.2) is 17.5 Å². The van der Waals surface area contributed by atoms with Gasteiger partial charge < -0.3 is 5.32 Å². The van der Waals surface area contributed by atoms with Crippen molar-refractivity contribution >= 4 is 46.4 Å². The first-order valence-electron chi connectivity index (χ1n) is 8.05. The van der Waals surface area contributed by atoms with Crippen LogP contribution in [0.5, 0.6) is 0 Å². The summed E-state index contributed by atoms with van der Waals surface area (Å²) < 4.78 is 0. The maximum atomic E-state index is 13.0. The van der Waals surface area contributed by atoms with E-state index in [0.29, 0.717) is 16.1 Å². The first-order chi connectivity index (χ1) is 13.0. The van der Waals surface area contributed by atoms with E-state index in [1.807, 2.05) is 0 Å². The van der Waals surface area contributed by atoms with Gasteiger partial charge in [0.25, 0.3) is 5.91 Å². The largest absolute Gasteiger partial charge is 0.321 e. The summed E-state index contributed by atoms with van der Waals surface area (Å²) in [5.41, 5.74) is 1.60. The van der Waals surface area contributed by atoms with Crippen molar-refractivity contribution in [3.8, 4) is 0 Å². The van der Waals surface area contributed by atoms with Gasteiger partial charge in [-0.1, -0.05) is 59.6 Å². The Morgan fingerprint density at radius 3 is 2.15 bits per heavy atom. The molecule has 132 valence electrons. The summed E-state index contributed by atoms with van der Waals surface area (Å²) in [4.78, 5) is 38.3. The van der Waals surface area contributed by atoms with Crippen molar-refractivity contribution in [2.24, 2.45) is 0 Å². The van der Waals surface area contributed by atoms with Gasteiger partial charge in [0.05, 0.1) is 21.8 Å². The Bertz CT molecular complexity index is 1140. The van der Waals surface area contributed by atoms with E-state index in [9.17, 15) is 14.4 Å². The molecular formula is C21H11Cl2NO3. The molecule has 0 bridgehead atoms. The van der Waals surface area contributed by atoms with Gasteiger partial charge in [-0.25, -0.2) is 0 Å². The fourth-order valence-corrected chi connectivity index (χ4v) is 3.61. The van der Waals surface area contributed by atoms with E-state index in [-0.39, 0.29) is 39.0 Å². The maximum Gasteiger partial charge on any atom is 0.257 e. The molecular weight excluding hydrogens is 385 g/mol. The first kappa shape index (κ1) is 17.5. The second-order valence-corrected chi connectivity index (χ2v) is 6.85. The number of hydrogen-bond acceptors (Lipinski definition) is 3. The Hall–Kier alpha value is -2.95. The number of fused-ring (bicyclic) bond motifs is 2. The fraction of sp³-hybridized carbons (Fsp3) is 0. The molecule has 0 aromatic heterocycles. The number of benzene rings is 3. The van der Waals surface area contributed by atoms with Crippen LogP contribution in [0, 0.1) is 0 Å². The minimum atomic E-state index is -0.496. The van der Waals surface area contributed by atoms with E-state index in [2.05, 4.69) is 5.32 Å². The van der Waals surface area contributed by atoms with Crippen LogP contribution >= 0.6 is 23.2 Å². The highest BCUT2D eigenvalue weighted by molar-refractivity contribution is 6.37. The Labute approximate surface area is 164 Å². The van der Waals surface area contributed by atoms with Gasteiger partial charge in [-0.3, -0.25) is 14.4 Å². The molecule has 0 saturated heterocycles. The summed E-state index contributed by atoms with van der Waals surface area (Å²) in [6, 6.07) is 15.9. The molecule has 0 spiro atoms. The number of nitrogens with one attached hydrogen (secondary N) is 1. The number of ketones is 2. The van der Waals surface area contributed by atoms with Gasteiger partial charge in [0.2, 0.25) is 0 Å². The van der Waals surface area contributed by atoms with Crippen molar-refractivity contribution in [2.75, 3.05) is 5.32 Å². The van der Waals surface area contributed by atoms with Crippen LogP contribution in [0.25, 0.3) is 0 Å². The normalized spacial score (nSPS) is 12.4. The lowest BCUT2D eigenvalue weighted by Crippen LogP contribution is -2.24. The summed E-state index contributed by atoms with van der Waals surface area (Å²) in [6.45, 7) is 0. The van der Waals surface area contributed by atoms with E-state index in [1.54, 1.807) is 48.5 Å². The molecule has 3 aromatic rings. The summed E-state index contributed by atoms with van der Waals surface area (Å²) in [7, 11) is 0. The minimum Gasteiger partial charge on any atom is -0.321 e. The number of hydrogen-bond donors (Lipinski definition) is 1. The molecule has 27 heavy (non-hydrogen) atoms. The third-order valence-electron chi connectivity index (χ3n) is 4.38. The van der Waals surface area contributed by atoms with Crippen LogP contribution in [0.2, 0.25) is 10.0 Å². The summed E-state index contributed by atoms with van der Waals surface area (Å²) >= 11 is 11.9. The summed E-state index contributed by atoms with van der Waals surface area (Å²) in [6.07, 6.45) is 0. The van der Waals surface area contributed by atoms with E-state index < -0.39 is 5.91 Å². The van der Waals surface area contributed by atoms with Crippen LogP contribution in [0.15, 0.2) is 60.7 Å². The lowest BCUT2D eigenvalue weighted by atomic mass is 9.83. The van der Waals surface area contributed by atoms with Crippen molar-refractivity contribution in [3.63, 3.8) is 0 Å². The topological polar surface area (TPSA) is 63.2 Å². The molecule has 1 N–H and O–H groups in total. The van der Waals surface area contributed by atoms with E-state index in [0.717, 1.165) is 0 Å². The van der Waals surface area contributed by atoms with Crippen molar-refractivity contribution < 1.29 is 14.4 Å². The quantitative estimate of drug-likeness (QED) is 0.518. The SMILES string of the molecule is O=C(Nc1cccc2c1C(=O)c1ccccc1C2=O)c1ccc(Cl)cc1Cl. The molecule has 0 aliphatic heterocycles. The van der Waals surface area contributed by atoms with Crippen LogP contribution in [0.1, 0.15) is 42.2 Å². The molecule has 4 nitrogen and oxygen atoms in total. The number of carbonyl (C=O) groups excluding carboxylic acids is 3. The highest BCUT2D eigenvalue weighted by Crippen LogP contribution is 2.32. The van der Waals surface area contributed by atoms with Gasteiger partial charge in [0.15, 0.2) is 11.6 Å². The smallest absolute Gasteiger partial charge is 0.257 e. The summed E-state index contributed by atoms with van der Waals surface area (Å²) in [5, 5.41) is 3.29. The standard InChI is InChI=1S/C21H11Cl2NO3/c22-11-8-9-14(16(23)10-11)21(27)24-17-7-3-6-15-18(17)20(26)13-5-2-1-4-12(13)19(15)25/h1-10H,(H,24,27). The predicted octanol–water partition coefficient (Wildman–Crippen LogP) is 5.02. The van der Waals surface area contributed by atoms with Crippen LogP contribution in [0.3, 0.4) is 0 Å². The van der Waals surface area contributed by atoms with Gasteiger partial charge in [0, 0.05) is 21.7 Å². The molecule has 0 unspecified atom stereocenters. The number of amides is 1. The first-order valence-corrected chi connectivity index (χ1v) is 8.81. The number of halogens is 2. The Morgan fingerprint density at radius 2 is 1.44 bits per heavy atom.